The maximum Gasteiger partial charge on any atom is 0.0908 e. The molecule has 4 heteroatoms. The number of thioether (sulfide) groups is 1. The summed E-state index contributed by atoms with van der Waals surface area (Å²) in [4.78, 5) is 0. The second-order valence-electron chi connectivity index (χ2n) is 7.63. The van der Waals surface area contributed by atoms with Crippen molar-refractivity contribution in [1.82, 2.24) is 0 Å². The van der Waals surface area contributed by atoms with Crippen molar-refractivity contribution in [3.8, 4) is 0 Å². The summed E-state index contributed by atoms with van der Waals surface area (Å²) < 4.78 is 6.12. The van der Waals surface area contributed by atoms with Crippen LogP contribution in [0.25, 0.3) is 0 Å². The summed E-state index contributed by atoms with van der Waals surface area (Å²) in [5, 5.41) is 21.7. The van der Waals surface area contributed by atoms with E-state index in [4.69, 9.17) is 4.74 Å². The van der Waals surface area contributed by atoms with Crippen LogP contribution in [0, 0.1) is 11.8 Å². The van der Waals surface area contributed by atoms with Crippen LogP contribution in [0.1, 0.15) is 58.3 Å². The van der Waals surface area contributed by atoms with Crippen molar-refractivity contribution in [2.75, 3.05) is 18.1 Å². The van der Waals surface area contributed by atoms with Gasteiger partial charge in [0.15, 0.2) is 0 Å². The number of hydrogen-bond donors (Lipinski definition) is 2. The number of aliphatic hydroxyl groups is 2. The second-order valence-corrected chi connectivity index (χ2v) is 8.85. The Kier molecular flexibility index (Phi) is 4.90. The molecule has 1 saturated carbocycles. The molecule has 2 aliphatic heterocycles. The molecule has 122 valence electrons. The molecule has 3 aliphatic rings. The standard InChI is InChI=1S/C17H30O3S/c1-13-2-5-17(19,6-3-13)15(18)14-4-9-20-16(12-14)7-10-21-11-8-16/h13-15,18-19H,2-12H2,1H3. The highest BCUT2D eigenvalue weighted by Gasteiger charge is 2.47. The van der Waals surface area contributed by atoms with Gasteiger partial charge in [-0.05, 0) is 74.7 Å². The van der Waals surface area contributed by atoms with Crippen molar-refractivity contribution < 1.29 is 14.9 Å². The number of ether oxygens (including phenoxy) is 1. The van der Waals surface area contributed by atoms with E-state index in [0.29, 0.717) is 5.92 Å². The first-order chi connectivity index (χ1) is 10.0. The van der Waals surface area contributed by atoms with Crippen LogP contribution >= 0.6 is 11.8 Å². The lowest BCUT2D eigenvalue weighted by Crippen LogP contribution is -2.53. The molecule has 0 aromatic rings. The molecule has 21 heavy (non-hydrogen) atoms. The zero-order chi connectivity index (χ0) is 14.9. The van der Waals surface area contributed by atoms with Crippen LogP contribution in [0.15, 0.2) is 0 Å². The van der Waals surface area contributed by atoms with Gasteiger partial charge in [-0.15, -0.1) is 0 Å². The van der Waals surface area contributed by atoms with Gasteiger partial charge in [0.1, 0.15) is 0 Å². The summed E-state index contributed by atoms with van der Waals surface area (Å²) in [5.74, 6) is 3.24. The fraction of sp³-hybridized carbons (Fsp3) is 1.00. The zero-order valence-corrected chi connectivity index (χ0v) is 14.0. The van der Waals surface area contributed by atoms with E-state index in [0.717, 1.165) is 58.0 Å². The lowest BCUT2D eigenvalue weighted by molar-refractivity contribution is -0.170. The van der Waals surface area contributed by atoms with E-state index in [9.17, 15) is 10.2 Å². The van der Waals surface area contributed by atoms with Crippen LogP contribution in [0.5, 0.6) is 0 Å². The van der Waals surface area contributed by atoms with Crippen molar-refractivity contribution in [2.24, 2.45) is 11.8 Å². The van der Waals surface area contributed by atoms with Gasteiger partial charge in [-0.1, -0.05) is 6.92 Å². The fourth-order valence-electron chi connectivity index (χ4n) is 4.42. The Balaban J connectivity index is 1.65. The van der Waals surface area contributed by atoms with Gasteiger partial charge in [0.2, 0.25) is 0 Å². The minimum atomic E-state index is -0.848. The van der Waals surface area contributed by atoms with Crippen LogP contribution in [-0.4, -0.2) is 45.6 Å². The molecule has 0 bridgehead atoms. The first-order valence-corrected chi connectivity index (χ1v) is 9.81. The summed E-state index contributed by atoms with van der Waals surface area (Å²) >= 11 is 2.01. The average Bonchev–Trinajstić information content (AvgIpc) is 2.50. The average molecular weight is 314 g/mol. The maximum atomic E-state index is 10.9. The topological polar surface area (TPSA) is 49.7 Å². The molecule has 2 N–H and O–H groups in total. The molecule has 1 spiro atoms. The Labute approximate surface area is 132 Å². The third-order valence-corrected chi connectivity index (χ3v) is 7.06. The maximum absolute atomic E-state index is 10.9. The van der Waals surface area contributed by atoms with Gasteiger partial charge in [0, 0.05) is 6.61 Å². The molecule has 2 saturated heterocycles. The summed E-state index contributed by atoms with van der Waals surface area (Å²) in [6.45, 7) is 2.99. The first-order valence-electron chi connectivity index (χ1n) is 8.65. The molecule has 2 heterocycles. The SMILES string of the molecule is CC1CCC(O)(C(O)C2CCOC3(CCSCC3)C2)CC1. The third-order valence-electron chi connectivity index (χ3n) is 6.07. The quantitative estimate of drug-likeness (QED) is 0.823. The Morgan fingerprint density at radius 3 is 2.43 bits per heavy atom. The van der Waals surface area contributed by atoms with Crippen molar-refractivity contribution in [3.05, 3.63) is 0 Å². The predicted octanol–water partition coefficient (Wildman–Crippen LogP) is 2.98. The summed E-state index contributed by atoms with van der Waals surface area (Å²) in [7, 11) is 0. The Morgan fingerprint density at radius 1 is 1.10 bits per heavy atom. The Morgan fingerprint density at radius 2 is 1.76 bits per heavy atom. The van der Waals surface area contributed by atoms with E-state index in [2.05, 4.69) is 6.92 Å². The monoisotopic (exact) mass is 314 g/mol. The molecule has 3 nitrogen and oxygen atoms in total. The van der Waals surface area contributed by atoms with Crippen LogP contribution < -0.4 is 0 Å². The molecule has 1 aliphatic carbocycles. The molecule has 0 aromatic carbocycles. The van der Waals surface area contributed by atoms with Gasteiger partial charge in [0.25, 0.3) is 0 Å². The van der Waals surface area contributed by atoms with Crippen LogP contribution in [0.3, 0.4) is 0 Å². The van der Waals surface area contributed by atoms with E-state index in [-0.39, 0.29) is 11.5 Å². The molecule has 0 amide bonds. The predicted molar refractivity (Wildman–Crippen MR) is 86.6 cm³/mol. The van der Waals surface area contributed by atoms with E-state index >= 15 is 0 Å². The lowest BCUT2D eigenvalue weighted by atomic mass is 9.69. The molecule has 3 fully saturated rings. The van der Waals surface area contributed by atoms with Gasteiger partial charge in [0.05, 0.1) is 17.3 Å². The van der Waals surface area contributed by atoms with Crippen LogP contribution in [0.2, 0.25) is 0 Å². The Bertz CT molecular complexity index is 340. The summed E-state index contributed by atoms with van der Waals surface area (Å²) in [5.41, 5.74) is -0.855. The summed E-state index contributed by atoms with van der Waals surface area (Å²) in [6, 6.07) is 0. The highest BCUT2D eigenvalue weighted by atomic mass is 32.2. The number of aliphatic hydroxyl groups excluding tert-OH is 1. The first kappa shape index (κ1) is 16.1. The number of hydrogen-bond acceptors (Lipinski definition) is 4. The van der Waals surface area contributed by atoms with E-state index in [1.54, 1.807) is 0 Å². The zero-order valence-electron chi connectivity index (χ0n) is 13.2. The molecule has 2 atom stereocenters. The van der Waals surface area contributed by atoms with Gasteiger partial charge in [-0.3, -0.25) is 0 Å². The molecule has 3 rings (SSSR count). The molecule has 0 aromatic heterocycles. The normalized spacial score (nSPS) is 41.9. The smallest absolute Gasteiger partial charge is 0.0908 e. The molecular weight excluding hydrogens is 284 g/mol. The lowest BCUT2D eigenvalue weighted by Gasteiger charge is -2.48. The van der Waals surface area contributed by atoms with Crippen molar-refractivity contribution >= 4 is 11.8 Å². The molecule has 2 unspecified atom stereocenters. The van der Waals surface area contributed by atoms with Crippen molar-refractivity contribution in [3.63, 3.8) is 0 Å². The summed E-state index contributed by atoms with van der Waals surface area (Å²) in [6.07, 6.45) is 7.08. The molecular formula is C17H30O3S. The van der Waals surface area contributed by atoms with Gasteiger partial charge in [-0.2, -0.15) is 11.8 Å². The van der Waals surface area contributed by atoms with Gasteiger partial charge in [-0.25, -0.2) is 0 Å². The van der Waals surface area contributed by atoms with Crippen LogP contribution in [0.4, 0.5) is 0 Å². The van der Waals surface area contributed by atoms with Crippen molar-refractivity contribution in [1.29, 1.82) is 0 Å². The minimum Gasteiger partial charge on any atom is -0.390 e. The van der Waals surface area contributed by atoms with E-state index in [1.165, 1.54) is 11.5 Å². The number of rotatable bonds is 2. The van der Waals surface area contributed by atoms with E-state index in [1.807, 2.05) is 11.8 Å². The van der Waals surface area contributed by atoms with Crippen molar-refractivity contribution in [2.45, 2.75) is 75.6 Å². The van der Waals surface area contributed by atoms with Crippen LogP contribution in [-0.2, 0) is 4.74 Å². The molecule has 0 radical (unpaired) electrons. The largest absolute Gasteiger partial charge is 0.390 e. The van der Waals surface area contributed by atoms with E-state index < -0.39 is 11.7 Å². The van der Waals surface area contributed by atoms with Gasteiger partial charge < -0.3 is 14.9 Å². The van der Waals surface area contributed by atoms with Gasteiger partial charge >= 0.3 is 0 Å². The highest BCUT2D eigenvalue weighted by molar-refractivity contribution is 7.99. The second kappa shape index (κ2) is 6.38. The Hall–Kier alpha value is 0.230. The fourth-order valence-corrected chi connectivity index (χ4v) is 5.66. The minimum absolute atomic E-state index is 0.00648. The highest BCUT2D eigenvalue weighted by Crippen LogP contribution is 2.44. The third kappa shape index (κ3) is 3.44.